The molecule has 2 aromatic rings. The molecule has 0 saturated carbocycles. The van der Waals surface area contributed by atoms with Gasteiger partial charge in [-0.2, -0.15) is 13.2 Å². The third-order valence-corrected chi connectivity index (χ3v) is 5.18. The van der Waals surface area contributed by atoms with Crippen LogP contribution in [0.2, 0.25) is 0 Å². The number of nitrogens with one attached hydrogen (secondary N) is 1. The van der Waals surface area contributed by atoms with Gasteiger partial charge in [0.05, 0.1) is 11.3 Å². The van der Waals surface area contributed by atoms with Crippen molar-refractivity contribution < 1.29 is 22.8 Å². The molecule has 146 valence electrons. The highest BCUT2D eigenvalue weighted by Crippen LogP contribution is 2.33. The molecular weight excluding hydrogens is 391 g/mol. The van der Waals surface area contributed by atoms with Crippen molar-refractivity contribution in [3.8, 4) is 0 Å². The molecule has 0 aliphatic carbocycles. The highest BCUT2D eigenvalue weighted by molar-refractivity contribution is 8.15. The molecule has 0 spiro atoms. The second-order valence-electron chi connectivity index (χ2n) is 5.95. The van der Waals surface area contributed by atoms with Gasteiger partial charge in [0.15, 0.2) is 5.17 Å². The highest BCUT2D eigenvalue weighted by Gasteiger charge is 2.40. The molecule has 1 fully saturated rings. The predicted octanol–water partition coefficient (Wildman–Crippen LogP) is 4.17. The van der Waals surface area contributed by atoms with Crippen molar-refractivity contribution in [1.82, 2.24) is 0 Å². The first-order chi connectivity index (χ1) is 13.3. The third kappa shape index (κ3) is 4.36. The summed E-state index contributed by atoms with van der Waals surface area (Å²) >= 11 is 1.02. The minimum Gasteiger partial charge on any atom is -0.335 e. The van der Waals surface area contributed by atoms with E-state index in [1.807, 2.05) is 0 Å². The largest absolute Gasteiger partial charge is 0.416 e. The Bertz CT molecular complexity index is 916. The number of thioether (sulfide) groups is 1. The molecular formula is C19H16F3N3O2S. The summed E-state index contributed by atoms with van der Waals surface area (Å²) in [6.07, 6.45) is -4.47. The highest BCUT2D eigenvalue weighted by atomic mass is 32.2. The van der Waals surface area contributed by atoms with Crippen molar-refractivity contribution in [3.05, 3.63) is 60.2 Å². The number of para-hydroxylation sites is 1. The predicted molar refractivity (Wildman–Crippen MR) is 103 cm³/mol. The Hall–Kier alpha value is -2.81. The van der Waals surface area contributed by atoms with Gasteiger partial charge in [-0.15, -0.1) is 0 Å². The molecule has 1 heterocycles. The van der Waals surface area contributed by atoms with Gasteiger partial charge < -0.3 is 5.32 Å². The molecule has 0 bridgehead atoms. The zero-order valence-corrected chi connectivity index (χ0v) is 15.6. The van der Waals surface area contributed by atoms with E-state index in [-0.39, 0.29) is 29.1 Å². The molecule has 1 atom stereocenters. The Balaban J connectivity index is 1.72. The standard InChI is InChI=1S/C19H16F3N3O2S/c1-23-18(24-13-7-5-6-12(10-13)19(20,21)22)28-15-11-16(26)25(17(15)27)14-8-3-2-4-9-14/h2-10,15H,11H2,1H3,(H,23,24)/t15-/m1/s1. The van der Waals surface area contributed by atoms with Crippen molar-refractivity contribution in [2.24, 2.45) is 4.99 Å². The number of rotatable bonds is 3. The van der Waals surface area contributed by atoms with Gasteiger partial charge in [-0.3, -0.25) is 14.6 Å². The van der Waals surface area contributed by atoms with Crippen molar-refractivity contribution in [3.63, 3.8) is 0 Å². The summed E-state index contributed by atoms with van der Waals surface area (Å²) < 4.78 is 38.6. The van der Waals surface area contributed by atoms with Crippen molar-refractivity contribution in [2.75, 3.05) is 17.3 Å². The SMILES string of the molecule is CN=C(Nc1cccc(C(F)(F)F)c1)S[C@@H]1CC(=O)N(c2ccccc2)C1=O. The molecule has 28 heavy (non-hydrogen) atoms. The lowest BCUT2D eigenvalue weighted by Gasteiger charge is -2.16. The Labute approximate surface area is 163 Å². The molecule has 1 saturated heterocycles. The number of aliphatic imine (C=N–C) groups is 1. The van der Waals surface area contributed by atoms with E-state index < -0.39 is 17.0 Å². The minimum atomic E-state index is -4.46. The van der Waals surface area contributed by atoms with E-state index in [9.17, 15) is 22.8 Å². The second-order valence-corrected chi connectivity index (χ2v) is 7.14. The number of anilines is 2. The zero-order valence-electron chi connectivity index (χ0n) is 14.7. The summed E-state index contributed by atoms with van der Waals surface area (Å²) in [4.78, 5) is 30.1. The molecule has 9 heteroatoms. The number of imide groups is 1. The van der Waals surface area contributed by atoms with Crippen molar-refractivity contribution in [2.45, 2.75) is 17.8 Å². The summed E-state index contributed by atoms with van der Waals surface area (Å²) in [6, 6.07) is 13.2. The maximum absolute atomic E-state index is 12.9. The van der Waals surface area contributed by atoms with Gasteiger partial charge in [-0.1, -0.05) is 36.0 Å². The summed E-state index contributed by atoms with van der Waals surface area (Å²) in [5, 5.41) is 2.34. The van der Waals surface area contributed by atoms with E-state index in [2.05, 4.69) is 10.3 Å². The maximum Gasteiger partial charge on any atom is 0.416 e. The maximum atomic E-state index is 12.9. The van der Waals surface area contributed by atoms with E-state index in [1.54, 1.807) is 30.3 Å². The quantitative estimate of drug-likeness (QED) is 0.471. The van der Waals surface area contributed by atoms with Crippen LogP contribution in [0.15, 0.2) is 59.6 Å². The van der Waals surface area contributed by atoms with Gasteiger partial charge in [-0.05, 0) is 30.3 Å². The fourth-order valence-electron chi connectivity index (χ4n) is 2.71. The molecule has 0 unspecified atom stereocenters. The number of carbonyl (C=O) groups is 2. The molecule has 0 radical (unpaired) electrons. The first-order valence-corrected chi connectivity index (χ1v) is 9.17. The Kier molecular flexibility index (Phi) is 5.73. The van der Waals surface area contributed by atoms with Crippen molar-refractivity contribution in [1.29, 1.82) is 0 Å². The van der Waals surface area contributed by atoms with Gasteiger partial charge in [0.1, 0.15) is 5.25 Å². The first kappa shape index (κ1) is 19.9. The first-order valence-electron chi connectivity index (χ1n) is 8.29. The van der Waals surface area contributed by atoms with E-state index in [4.69, 9.17) is 0 Å². The van der Waals surface area contributed by atoms with E-state index >= 15 is 0 Å². The van der Waals surface area contributed by atoms with Crippen LogP contribution in [-0.2, 0) is 15.8 Å². The minimum absolute atomic E-state index is 0.0122. The van der Waals surface area contributed by atoms with Crippen molar-refractivity contribution >= 4 is 40.1 Å². The Morgan fingerprint density at radius 1 is 1.14 bits per heavy atom. The monoisotopic (exact) mass is 407 g/mol. The fourth-order valence-corrected chi connectivity index (χ4v) is 3.70. The molecule has 5 nitrogen and oxygen atoms in total. The average Bonchev–Trinajstić information content (AvgIpc) is 2.94. The second kappa shape index (κ2) is 8.05. The van der Waals surface area contributed by atoms with E-state index in [1.165, 1.54) is 19.2 Å². The normalized spacial score (nSPS) is 17.9. The summed E-state index contributed by atoms with van der Waals surface area (Å²) in [5.41, 5.74) is -0.110. The molecule has 3 rings (SSSR count). The summed E-state index contributed by atoms with van der Waals surface area (Å²) in [5.74, 6) is -0.712. The summed E-state index contributed by atoms with van der Waals surface area (Å²) in [7, 11) is 1.46. The van der Waals surface area contributed by atoms with E-state index in [0.29, 0.717) is 5.69 Å². The van der Waals surface area contributed by atoms with Gasteiger partial charge in [0.25, 0.3) is 0 Å². The van der Waals surface area contributed by atoms with Crippen LogP contribution in [-0.4, -0.2) is 29.3 Å². The number of carbonyl (C=O) groups excluding carboxylic acids is 2. The summed E-state index contributed by atoms with van der Waals surface area (Å²) in [6.45, 7) is 0. The Morgan fingerprint density at radius 3 is 2.50 bits per heavy atom. The number of halogens is 3. The molecule has 2 aromatic carbocycles. The fraction of sp³-hybridized carbons (Fsp3) is 0.211. The van der Waals surface area contributed by atoms with E-state index in [0.717, 1.165) is 28.8 Å². The molecule has 1 N–H and O–H groups in total. The van der Waals surface area contributed by atoms with Crippen LogP contribution in [0.25, 0.3) is 0 Å². The lowest BCUT2D eigenvalue weighted by Crippen LogP contribution is -2.31. The number of alkyl halides is 3. The van der Waals surface area contributed by atoms with Crippen LogP contribution in [0, 0.1) is 0 Å². The number of hydrogen-bond acceptors (Lipinski definition) is 4. The van der Waals surface area contributed by atoms with Gasteiger partial charge in [-0.25, -0.2) is 4.90 Å². The number of amidine groups is 1. The van der Waals surface area contributed by atoms with Crippen LogP contribution in [0.3, 0.4) is 0 Å². The average molecular weight is 407 g/mol. The van der Waals surface area contributed by atoms with Crippen LogP contribution in [0.5, 0.6) is 0 Å². The third-order valence-electron chi connectivity index (χ3n) is 4.02. The smallest absolute Gasteiger partial charge is 0.335 e. The lowest BCUT2D eigenvalue weighted by molar-refractivity contribution is -0.137. The zero-order chi connectivity index (χ0) is 20.3. The van der Waals surface area contributed by atoms with Crippen LogP contribution in [0.4, 0.5) is 24.5 Å². The van der Waals surface area contributed by atoms with Crippen LogP contribution in [0.1, 0.15) is 12.0 Å². The van der Waals surface area contributed by atoms with Gasteiger partial charge in [0, 0.05) is 19.2 Å². The number of nitrogens with zero attached hydrogens (tertiary/aromatic N) is 2. The number of benzene rings is 2. The number of hydrogen-bond donors (Lipinski definition) is 1. The van der Waals surface area contributed by atoms with Crippen LogP contribution < -0.4 is 10.2 Å². The molecule has 1 aliphatic rings. The van der Waals surface area contributed by atoms with Crippen LogP contribution >= 0.6 is 11.8 Å². The molecule has 2 amide bonds. The lowest BCUT2D eigenvalue weighted by atomic mass is 10.2. The van der Waals surface area contributed by atoms with Gasteiger partial charge >= 0.3 is 6.18 Å². The Morgan fingerprint density at radius 2 is 1.86 bits per heavy atom. The molecule has 1 aliphatic heterocycles. The topological polar surface area (TPSA) is 61.8 Å². The number of amides is 2. The van der Waals surface area contributed by atoms with Gasteiger partial charge in [0.2, 0.25) is 11.8 Å². The molecule has 0 aromatic heterocycles.